The summed E-state index contributed by atoms with van der Waals surface area (Å²) in [6.07, 6.45) is 5.39. The van der Waals surface area contributed by atoms with Gasteiger partial charge in [-0.05, 0) is 36.8 Å². The Morgan fingerprint density at radius 1 is 1.47 bits per heavy atom. The Morgan fingerprint density at radius 2 is 2.13 bits per heavy atom. The molecule has 0 amide bonds. The van der Waals surface area contributed by atoms with Crippen molar-refractivity contribution in [3.63, 3.8) is 0 Å². The second-order valence-electron chi connectivity index (χ2n) is 4.79. The molecular weight excluding hydrogens is 229 g/mol. The molecule has 1 unspecified atom stereocenters. The van der Waals surface area contributed by atoms with Crippen LogP contribution < -0.4 is 0 Å². The first kappa shape index (κ1) is 12.8. The van der Waals surface area contributed by atoms with Gasteiger partial charge in [-0.2, -0.15) is 0 Å². The van der Waals surface area contributed by atoms with Gasteiger partial charge in [-0.3, -0.25) is 4.98 Å². The zero-order valence-electron chi connectivity index (χ0n) is 9.43. The van der Waals surface area contributed by atoms with Crippen molar-refractivity contribution in [1.82, 2.24) is 4.98 Å². The molecule has 15 heavy (non-hydrogen) atoms. The molecule has 0 saturated heterocycles. The summed E-state index contributed by atoms with van der Waals surface area (Å²) in [5.74, 6) is 0. The van der Waals surface area contributed by atoms with E-state index in [1.807, 2.05) is 13.0 Å². The summed E-state index contributed by atoms with van der Waals surface area (Å²) in [4.78, 5) is 3.98. The van der Waals surface area contributed by atoms with E-state index in [0.717, 1.165) is 23.4 Å². The van der Waals surface area contributed by atoms with Crippen molar-refractivity contribution in [2.75, 3.05) is 0 Å². The lowest BCUT2D eigenvalue weighted by molar-refractivity contribution is 0.331. The number of rotatable bonds is 4. The molecule has 3 heteroatoms. The molecule has 0 radical (unpaired) electrons. The summed E-state index contributed by atoms with van der Waals surface area (Å²) in [6.45, 7) is 6.45. The molecule has 0 spiro atoms. The predicted molar refractivity (Wildman–Crippen MR) is 66.7 cm³/mol. The number of hydrogen-bond acceptors (Lipinski definition) is 1. The van der Waals surface area contributed by atoms with Gasteiger partial charge in [0.1, 0.15) is 0 Å². The Balaban J connectivity index is 2.73. The third-order valence-corrected chi connectivity index (χ3v) is 2.85. The third kappa shape index (κ3) is 4.40. The first-order chi connectivity index (χ1) is 6.91. The van der Waals surface area contributed by atoms with Crippen LogP contribution in [-0.4, -0.2) is 10.4 Å². The molecular formula is C12H17Cl2N. The van der Waals surface area contributed by atoms with Gasteiger partial charge in [0.15, 0.2) is 0 Å². The largest absolute Gasteiger partial charge is 0.263 e. The number of aromatic nitrogens is 1. The number of pyridine rings is 1. The van der Waals surface area contributed by atoms with E-state index in [1.54, 1.807) is 12.4 Å². The highest BCUT2D eigenvalue weighted by atomic mass is 35.5. The van der Waals surface area contributed by atoms with E-state index in [4.69, 9.17) is 23.2 Å². The van der Waals surface area contributed by atoms with Gasteiger partial charge in [0.25, 0.3) is 0 Å². The fourth-order valence-electron chi connectivity index (χ4n) is 1.90. The second-order valence-corrected chi connectivity index (χ2v) is 5.95. The molecule has 0 N–H and O–H groups in total. The zero-order valence-corrected chi connectivity index (χ0v) is 10.9. The van der Waals surface area contributed by atoms with Gasteiger partial charge in [0.2, 0.25) is 0 Å². The maximum atomic E-state index is 6.07. The Kier molecular flexibility index (Phi) is 4.42. The molecule has 1 aromatic rings. The smallest absolute Gasteiger partial charge is 0.0621 e. The van der Waals surface area contributed by atoms with Crippen LogP contribution in [0.3, 0.4) is 0 Å². The van der Waals surface area contributed by atoms with Crippen molar-refractivity contribution >= 4 is 23.2 Å². The van der Waals surface area contributed by atoms with E-state index >= 15 is 0 Å². The maximum absolute atomic E-state index is 6.07. The summed E-state index contributed by atoms with van der Waals surface area (Å²) in [5.41, 5.74) is 1.32. The van der Waals surface area contributed by atoms with Crippen molar-refractivity contribution in [3.8, 4) is 0 Å². The van der Waals surface area contributed by atoms with Crippen LogP contribution in [0.2, 0.25) is 5.02 Å². The van der Waals surface area contributed by atoms with E-state index in [9.17, 15) is 0 Å². The van der Waals surface area contributed by atoms with Gasteiger partial charge in [-0.1, -0.05) is 25.4 Å². The SMILES string of the molecule is CC(Cl)CC(C)(C)Cc1ccncc1Cl. The van der Waals surface area contributed by atoms with Crippen LogP contribution in [0.4, 0.5) is 0 Å². The molecule has 1 nitrogen and oxygen atoms in total. The zero-order chi connectivity index (χ0) is 11.5. The number of nitrogens with zero attached hydrogens (tertiary/aromatic N) is 1. The van der Waals surface area contributed by atoms with Crippen LogP contribution in [-0.2, 0) is 6.42 Å². The Bertz CT molecular complexity index is 321. The van der Waals surface area contributed by atoms with Crippen molar-refractivity contribution in [2.45, 2.75) is 39.0 Å². The van der Waals surface area contributed by atoms with Crippen LogP contribution in [0.25, 0.3) is 0 Å². The molecule has 0 aliphatic carbocycles. The number of hydrogen-bond donors (Lipinski definition) is 0. The lowest BCUT2D eigenvalue weighted by atomic mass is 9.82. The molecule has 1 aromatic heterocycles. The highest BCUT2D eigenvalue weighted by molar-refractivity contribution is 6.31. The molecule has 84 valence electrons. The molecule has 0 fully saturated rings. The fraction of sp³-hybridized carbons (Fsp3) is 0.583. The van der Waals surface area contributed by atoms with E-state index in [2.05, 4.69) is 18.8 Å². The van der Waals surface area contributed by atoms with Crippen molar-refractivity contribution in [1.29, 1.82) is 0 Å². The van der Waals surface area contributed by atoms with Crippen LogP contribution in [0.15, 0.2) is 18.5 Å². The monoisotopic (exact) mass is 245 g/mol. The van der Waals surface area contributed by atoms with Gasteiger partial charge >= 0.3 is 0 Å². The van der Waals surface area contributed by atoms with Crippen LogP contribution in [0.1, 0.15) is 32.8 Å². The van der Waals surface area contributed by atoms with Gasteiger partial charge in [-0.15, -0.1) is 11.6 Å². The average Bonchev–Trinajstić information content (AvgIpc) is 2.06. The van der Waals surface area contributed by atoms with Gasteiger partial charge in [0.05, 0.1) is 5.02 Å². The van der Waals surface area contributed by atoms with E-state index in [-0.39, 0.29) is 10.8 Å². The summed E-state index contributed by atoms with van der Waals surface area (Å²) >= 11 is 12.1. The topological polar surface area (TPSA) is 12.9 Å². The summed E-state index contributed by atoms with van der Waals surface area (Å²) < 4.78 is 0. The molecule has 1 heterocycles. The van der Waals surface area contributed by atoms with Gasteiger partial charge in [0, 0.05) is 17.8 Å². The minimum atomic E-state index is 0.173. The third-order valence-electron chi connectivity index (χ3n) is 2.36. The highest BCUT2D eigenvalue weighted by Gasteiger charge is 2.21. The van der Waals surface area contributed by atoms with E-state index in [1.165, 1.54) is 0 Å². The van der Waals surface area contributed by atoms with E-state index in [0.29, 0.717) is 0 Å². The number of halogens is 2. The highest BCUT2D eigenvalue weighted by Crippen LogP contribution is 2.31. The quantitative estimate of drug-likeness (QED) is 0.721. The Morgan fingerprint density at radius 3 is 2.67 bits per heavy atom. The molecule has 0 aliphatic rings. The van der Waals surface area contributed by atoms with Crippen LogP contribution in [0.5, 0.6) is 0 Å². The second kappa shape index (κ2) is 5.18. The normalized spacial score (nSPS) is 13.9. The molecule has 1 rings (SSSR count). The fourth-order valence-corrected chi connectivity index (χ4v) is 2.50. The summed E-state index contributed by atoms with van der Waals surface area (Å²) in [7, 11) is 0. The Labute approximate surface area is 102 Å². The van der Waals surface area contributed by atoms with Crippen LogP contribution >= 0.6 is 23.2 Å². The molecule has 0 aromatic carbocycles. The van der Waals surface area contributed by atoms with Crippen molar-refractivity contribution in [2.24, 2.45) is 5.41 Å². The minimum Gasteiger partial charge on any atom is -0.263 e. The first-order valence-corrected chi connectivity index (χ1v) is 5.94. The standard InChI is InChI=1S/C12H17Cl2N/c1-9(13)6-12(2,3)7-10-4-5-15-8-11(10)14/h4-5,8-9H,6-7H2,1-3H3. The maximum Gasteiger partial charge on any atom is 0.0621 e. The molecule has 0 bridgehead atoms. The van der Waals surface area contributed by atoms with E-state index < -0.39 is 0 Å². The average molecular weight is 246 g/mol. The number of alkyl halides is 1. The van der Waals surface area contributed by atoms with Crippen LogP contribution in [0, 0.1) is 5.41 Å². The summed E-state index contributed by atoms with van der Waals surface area (Å²) in [5, 5.41) is 0.938. The summed E-state index contributed by atoms with van der Waals surface area (Å²) in [6, 6.07) is 1.98. The lowest BCUT2D eigenvalue weighted by Gasteiger charge is -2.26. The van der Waals surface area contributed by atoms with Crippen molar-refractivity contribution in [3.05, 3.63) is 29.0 Å². The molecule has 0 aliphatic heterocycles. The molecule has 1 atom stereocenters. The van der Waals surface area contributed by atoms with Gasteiger partial charge < -0.3 is 0 Å². The van der Waals surface area contributed by atoms with Crippen molar-refractivity contribution < 1.29 is 0 Å². The molecule has 0 saturated carbocycles. The van der Waals surface area contributed by atoms with Gasteiger partial charge in [-0.25, -0.2) is 0 Å². The first-order valence-electron chi connectivity index (χ1n) is 5.13. The Hall–Kier alpha value is -0.270. The lowest BCUT2D eigenvalue weighted by Crippen LogP contribution is -2.19. The minimum absolute atomic E-state index is 0.173. The predicted octanol–water partition coefficient (Wildman–Crippen LogP) is 4.32.